The number of allylic oxidation sites excluding steroid dienone is 1. The van der Waals surface area contributed by atoms with Crippen LogP contribution in [0.25, 0.3) is 5.57 Å². The number of benzene rings is 1. The molecule has 0 radical (unpaired) electrons. The maximum atomic E-state index is 12.2. The van der Waals surface area contributed by atoms with Crippen molar-refractivity contribution in [1.29, 1.82) is 5.26 Å². The molecule has 0 unspecified atom stereocenters. The summed E-state index contributed by atoms with van der Waals surface area (Å²) in [5.41, 5.74) is 1.58. The van der Waals surface area contributed by atoms with E-state index < -0.39 is 9.84 Å². The minimum atomic E-state index is -3.35. The van der Waals surface area contributed by atoms with Gasteiger partial charge in [-0.25, -0.2) is 8.42 Å². The predicted octanol–water partition coefficient (Wildman–Crippen LogP) is 1.96. The molecule has 10 heteroatoms. The maximum Gasteiger partial charge on any atom is 0.216 e. The summed E-state index contributed by atoms with van der Waals surface area (Å²) < 4.78 is 24.5. The molecule has 27 heavy (non-hydrogen) atoms. The number of nitrogens with one attached hydrogen (secondary N) is 2. The smallest absolute Gasteiger partial charge is 0.216 e. The Balaban J connectivity index is 1.93. The summed E-state index contributed by atoms with van der Waals surface area (Å²) in [6.07, 6.45) is 7.09. The van der Waals surface area contributed by atoms with Gasteiger partial charge in [0.2, 0.25) is 5.82 Å². The Labute approximate surface area is 158 Å². The molecule has 2 N–H and O–H groups in total. The molecule has 1 fully saturated rings. The van der Waals surface area contributed by atoms with Gasteiger partial charge in [-0.05, 0) is 36.3 Å². The fourth-order valence-corrected chi connectivity index (χ4v) is 3.94. The molecule has 1 aromatic carbocycles. The number of aromatic nitrogens is 4. The second kappa shape index (κ2) is 8.18. The van der Waals surface area contributed by atoms with Gasteiger partial charge in [0.25, 0.3) is 0 Å². The number of sulfone groups is 1. The molecule has 0 bridgehead atoms. The molecule has 1 aliphatic rings. The van der Waals surface area contributed by atoms with Gasteiger partial charge < -0.3 is 10.2 Å². The van der Waals surface area contributed by atoms with Crippen molar-refractivity contribution in [2.24, 2.45) is 0 Å². The largest absolute Gasteiger partial charge is 0.370 e. The van der Waals surface area contributed by atoms with Crippen LogP contribution in [0.2, 0.25) is 0 Å². The molecule has 1 aliphatic heterocycles. The molecule has 0 aliphatic carbocycles. The highest BCUT2D eigenvalue weighted by Gasteiger charge is 2.20. The third kappa shape index (κ3) is 4.62. The van der Waals surface area contributed by atoms with Gasteiger partial charge in [-0.3, -0.25) is 0 Å². The van der Waals surface area contributed by atoms with Crippen molar-refractivity contribution >= 4 is 26.8 Å². The van der Waals surface area contributed by atoms with Crippen LogP contribution in [0.5, 0.6) is 0 Å². The Morgan fingerprint density at radius 3 is 2.63 bits per heavy atom. The van der Waals surface area contributed by atoms with Crippen molar-refractivity contribution in [3.05, 3.63) is 30.2 Å². The van der Waals surface area contributed by atoms with Gasteiger partial charge in [-0.2, -0.15) is 10.5 Å². The first kappa shape index (κ1) is 18.8. The van der Waals surface area contributed by atoms with E-state index in [-0.39, 0.29) is 11.4 Å². The lowest BCUT2D eigenvalue weighted by molar-refractivity contribution is 0.601. The number of nitriles is 1. The number of rotatable bonds is 5. The van der Waals surface area contributed by atoms with Crippen LogP contribution < -0.4 is 10.2 Å². The summed E-state index contributed by atoms with van der Waals surface area (Å²) >= 11 is 0. The van der Waals surface area contributed by atoms with Gasteiger partial charge in [0, 0.05) is 31.2 Å². The van der Waals surface area contributed by atoms with E-state index >= 15 is 0 Å². The van der Waals surface area contributed by atoms with Gasteiger partial charge in [0.15, 0.2) is 9.84 Å². The van der Waals surface area contributed by atoms with Crippen molar-refractivity contribution in [2.45, 2.75) is 30.6 Å². The number of anilines is 2. The highest BCUT2D eigenvalue weighted by molar-refractivity contribution is 7.90. The van der Waals surface area contributed by atoms with Gasteiger partial charge in [-0.15, -0.1) is 10.2 Å². The molecule has 3 rings (SSSR count). The van der Waals surface area contributed by atoms with E-state index in [1.807, 2.05) is 12.1 Å². The quantitative estimate of drug-likeness (QED) is 0.745. The highest BCUT2D eigenvalue weighted by atomic mass is 32.2. The lowest BCUT2D eigenvalue weighted by Gasteiger charge is -2.25. The van der Waals surface area contributed by atoms with Crippen LogP contribution in [0, 0.1) is 11.3 Å². The minimum Gasteiger partial charge on any atom is -0.370 e. The van der Waals surface area contributed by atoms with Gasteiger partial charge in [-0.1, -0.05) is 12.8 Å². The summed E-state index contributed by atoms with van der Waals surface area (Å²) in [5.74, 6) is 0.186. The maximum absolute atomic E-state index is 12.2. The molecule has 2 aromatic rings. The van der Waals surface area contributed by atoms with Crippen LogP contribution in [-0.2, 0) is 9.84 Å². The Hall–Kier alpha value is -2.93. The zero-order valence-electron chi connectivity index (χ0n) is 15.0. The Morgan fingerprint density at radius 1 is 1.30 bits per heavy atom. The first-order valence-corrected chi connectivity index (χ1v) is 10.6. The summed E-state index contributed by atoms with van der Waals surface area (Å²) in [7, 11) is -3.35. The average molecular weight is 387 g/mol. The van der Waals surface area contributed by atoms with Crippen LogP contribution in [0.1, 0.15) is 31.5 Å². The molecule has 0 saturated carbocycles. The topological polar surface area (TPSA) is 128 Å². The van der Waals surface area contributed by atoms with E-state index in [4.69, 9.17) is 0 Å². The lowest BCUT2D eigenvalue weighted by Crippen LogP contribution is -2.25. The molecule has 1 aromatic heterocycles. The van der Waals surface area contributed by atoms with E-state index in [0.717, 1.165) is 38.8 Å². The lowest BCUT2D eigenvalue weighted by atomic mass is 10.2. The summed E-state index contributed by atoms with van der Waals surface area (Å²) in [6.45, 7) is 1.65. The van der Waals surface area contributed by atoms with E-state index in [0.29, 0.717) is 16.3 Å². The van der Waals surface area contributed by atoms with Crippen LogP contribution in [0.4, 0.5) is 11.4 Å². The zero-order chi connectivity index (χ0) is 19.3. The van der Waals surface area contributed by atoms with Crippen LogP contribution >= 0.6 is 0 Å². The third-order valence-corrected chi connectivity index (χ3v) is 5.54. The zero-order valence-corrected chi connectivity index (χ0v) is 15.8. The van der Waals surface area contributed by atoms with Crippen molar-refractivity contribution in [3.8, 4) is 6.07 Å². The summed E-state index contributed by atoms with van der Waals surface area (Å²) in [5, 5.41) is 25.6. The third-order valence-electron chi connectivity index (χ3n) is 4.40. The standard InChI is InChI=1S/C17H21N7O2S/c1-27(25,26)16-7-6-14(10-15(16)24-8-4-2-3-5-9-24)19-12-13(11-18)17-20-22-23-21-17/h6-7,10,12,19H,2-5,8-9H2,1H3,(H,20,21,22,23). The number of hydrogen-bond donors (Lipinski definition) is 2. The molecular formula is C17H21N7O2S. The van der Waals surface area contributed by atoms with Gasteiger partial charge in [0.05, 0.1) is 10.6 Å². The minimum absolute atomic E-state index is 0.186. The van der Waals surface area contributed by atoms with Crippen LogP contribution in [-0.4, -0.2) is 48.4 Å². The molecular weight excluding hydrogens is 366 g/mol. The molecule has 9 nitrogen and oxygen atoms in total. The van der Waals surface area contributed by atoms with Gasteiger partial charge >= 0.3 is 0 Å². The highest BCUT2D eigenvalue weighted by Crippen LogP contribution is 2.30. The van der Waals surface area contributed by atoms with Gasteiger partial charge in [0.1, 0.15) is 11.6 Å². The number of aromatic amines is 1. The van der Waals surface area contributed by atoms with Crippen molar-refractivity contribution < 1.29 is 8.42 Å². The summed E-state index contributed by atoms with van der Waals surface area (Å²) in [4.78, 5) is 2.44. The van der Waals surface area contributed by atoms with Crippen LogP contribution in [0.3, 0.4) is 0 Å². The molecule has 0 amide bonds. The molecule has 2 heterocycles. The van der Waals surface area contributed by atoms with Crippen molar-refractivity contribution in [2.75, 3.05) is 29.6 Å². The Kier molecular flexibility index (Phi) is 5.71. The molecule has 0 atom stereocenters. The summed E-state index contributed by atoms with van der Waals surface area (Å²) in [6, 6.07) is 7.10. The van der Waals surface area contributed by atoms with E-state index in [1.54, 1.807) is 12.1 Å². The first-order valence-electron chi connectivity index (χ1n) is 8.69. The first-order chi connectivity index (χ1) is 13.0. The van der Waals surface area contributed by atoms with Crippen molar-refractivity contribution in [3.63, 3.8) is 0 Å². The molecule has 0 spiro atoms. The number of H-pyrrole nitrogens is 1. The normalized spacial score (nSPS) is 15.9. The van der Waals surface area contributed by atoms with E-state index in [1.165, 1.54) is 12.5 Å². The number of hydrogen-bond acceptors (Lipinski definition) is 8. The fourth-order valence-electron chi connectivity index (χ4n) is 3.06. The van der Waals surface area contributed by atoms with E-state index in [2.05, 4.69) is 30.8 Å². The predicted molar refractivity (Wildman–Crippen MR) is 102 cm³/mol. The second-order valence-corrected chi connectivity index (χ2v) is 8.39. The average Bonchev–Trinajstić information content (AvgIpc) is 3.03. The van der Waals surface area contributed by atoms with Crippen LogP contribution in [0.15, 0.2) is 29.3 Å². The van der Waals surface area contributed by atoms with E-state index in [9.17, 15) is 13.7 Å². The second-order valence-electron chi connectivity index (χ2n) is 6.41. The SMILES string of the molecule is CS(=O)(=O)c1ccc(NC=C(C#N)c2nn[nH]n2)cc1N1CCCCCC1. The molecule has 142 valence electrons. The Bertz CT molecular complexity index is 954. The Morgan fingerprint density at radius 2 is 2.04 bits per heavy atom. The fraction of sp³-hybridized carbons (Fsp3) is 0.412. The number of nitrogens with zero attached hydrogens (tertiary/aromatic N) is 5. The number of tetrazole rings is 1. The van der Waals surface area contributed by atoms with Crippen molar-refractivity contribution in [1.82, 2.24) is 20.6 Å². The molecule has 1 saturated heterocycles. The monoisotopic (exact) mass is 387 g/mol.